The third-order valence-corrected chi connectivity index (χ3v) is 11.2. The summed E-state index contributed by atoms with van der Waals surface area (Å²) in [6.45, 7) is 0. The molecule has 1 aromatic heterocycles. The molecule has 0 aliphatic rings. The second-order valence-corrected chi connectivity index (χ2v) is 14.5. The molecule has 0 amide bonds. The van der Waals surface area contributed by atoms with Gasteiger partial charge in [0.25, 0.3) is 0 Å². The molecule has 11 rings (SSSR count). The maximum absolute atomic E-state index is 6.65. The predicted molar refractivity (Wildman–Crippen MR) is 233 cm³/mol. The average Bonchev–Trinajstić information content (AvgIpc) is 3.65. The second-order valence-electron chi connectivity index (χ2n) is 14.5. The van der Waals surface area contributed by atoms with Crippen molar-refractivity contribution in [2.24, 2.45) is 0 Å². The number of rotatable bonds is 5. The van der Waals surface area contributed by atoms with Gasteiger partial charge in [0, 0.05) is 10.8 Å². The number of hydrogen-bond donors (Lipinski definition) is 0. The number of hydrogen-bond acceptors (Lipinski definition) is 1. The summed E-state index contributed by atoms with van der Waals surface area (Å²) in [6.07, 6.45) is 0. The number of furan rings is 1. The van der Waals surface area contributed by atoms with Crippen molar-refractivity contribution < 1.29 is 4.42 Å². The normalized spacial score (nSPS) is 11.6. The Kier molecular flexibility index (Phi) is 7.25. The minimum atomic E-state index is 0.886. The van der Waals surface area contributed by atoms with Crippen LogP contribution in [0.15, 0.2) is 211 Å². The van der Waals surface area contributed by atoms with Crippen LogP contribution in [0, 0.1) is 0 Å². The van der Waals surface area contributed by atoms with Crippen molar-refractivity contribution >= 4 is 54.3 Å². The zero-order valence-corrected chi connectivity index (χ0v) is 30.0. The lowest BCUT2D eigenvalue weighted by molar-refractivity contribution is 0.669. The fourth-order valence-electron chi connectivity index (χ4n) is 8.51. The molecule has 0 fully saturated rings. The maximum atomic E-state index is 6.65. The van der Waals surface area contributed by atoms with Crippen molar-refractivity contribution in [2.45, 2.75) is 0 Å². The van der Waals surface area contributed by atoms with Gasteiger partial charge in [0.05, 0.1) is 0 Å². The third-order valence-electron chi connectivity index (χ3n) is 11.2. The minimum Gasteiger partial charge on any atom is -0.456 e. The Morgan fingerprint density at radius 3 is 1.47 bits per heavy atom. The molecule has 0 spiro atoms. The van der Waals surface area contributed by atoms with Gasteiger partial charge in [0.2, 0.25) is 0 Å². The molecule has 0 unspecified atom stereocenters. The Morgan fingerprint density at radius 2 is 0.727 bits per heavy atom. The summed E-state index contributed by atoms with van der Waals surface area (Å²) in [7, 11) is 0. The van der Waals surface area contributed by atoms with Crippen LogP contribution in [0.1, 0.15) is 0 Å². The van der Waals surface area contributed by atoms with E-state index in [0.717, 1.165) is 38.6 Å². The molecule has 256 valence electrons. The molecule has 0 N–H and O–H groups in total. The van der Waals surface area contributed by atoms with Gasteiger partial charge in [-0.05, 0) is 136 Å². The summed E-state index contributed by atoms with van der Waals surface area (Å²) in [4.78, 5) is 0. The van der Waals surface area contributed by atoms with Crippen LogP contribution in [-0.2, 0) is 0 Å². The van der Waals surface area contributed by atoms with Gasteiger partial charge in [-0.1, -0.05) is 158 Å². The monoisotopic (exact) mass is 698 g/mol. The molecule has 0 radical (unpaired) electrons. The van der Waals surface area contributed by atoms with Gasteiger partial charge in [0.15, 0.2) is 0 Å². The molecule has 1 nitrogen and oxygen atoms in total. The molecule has 0 aliphatic heterocycles. The summed E-state index contributed by atoms with van der Waals surface area (Å²) < 4.78 is 6.65. The van der Waals surface area contributed by atoms with E-state index in [2.05, 4.69) is 206 Å². The van der Waals surface area contributed by atoms with Crippen molar-refractivity contribution in [3.63, 3.8) is 0 Å². The van der Waals surface area contributed by atoms with Gasteiger partial charge in [-0.3, -0.25) is 0 Å². The van der Waals surface area contributed by atoms with Crippen LogP contribution in [0.25, 0.3) is 110 Å². The summed E-state index contributed by atoms with van der Waals surface area (Å²) in [6, 6.07) is 74.8. The summed E-state index contributed by atoms with van der Waals surface area (Å²) in [5, 5.41) is 9.76. The van der Waals surface area contributed by atoms with E-state index >= 15 is 0 Å². The molecule has 55 heavy (non-hydrogen) atoms. The van der Waals surface area contributed by atoms with Gasteiger partial charge in [-0.15, -0.1) is 0 Å². The van der Waals surface area contributed by atoms with Crippen LogP contribution in [0.2, 0.25) is 0 Å². The lowest BCUT2D eigenvalue weighted by Crippen LogP contribution is -1.88. The smallest absolute Gasteiger partial charge is 0.136 e. The van der Waals surface area contributed by atoms with E-state index in [1.165, 1.54) is 71.3 Å². The average molecular weight is 699 g/mol. The molecule has 1 heterocycles. The first kappa shape index (κ1) is 31.3. The van der Waals surface area contributed by atoms with Crippen molar-refractivity contribution in [1.82, 2.24) is 0 Å². The highest BCUT2D eigenvalue weighted by Crippen LogP contribution is 2.44. The minimum absolute atomic E-state index is 0.886. The van der Waals surface area contributed by atoms with Crippen LogP contribution < -0.4 is 0 Å². The van der Waals surface area contributed by atoms with Crippen LogP contribution >= 0.6 is 0 Å². The summed E-state index contributed by atoms with van der Waals surface area (Å²) in [5.74, 6) is 0. The molecule has 0 aliphatic carbocycles. The Bertz CT molecular complexity index is 3240. The Hall–Kier alpha value is -7.22. The molecule has 11 aromatic rings. The first-order valence-corrected chi connectivity index (χ1v) is 18.9. The Labute approximate surface area is 319 Å². The molecule has 1 heteroatoms. The SMILES string of the molecule is c1ccc(-c2cc(-c3ccc4c(ccc5ccccc54)c3)cc(-c3cccc4oc5cccc(-c6ccc7ccc(-c8ccccc8)cc7c6)c5c34)c2)cc1. The number of benzene rings is 10. The zero-order valence-electron chi connectivity index (χ0n) is 30.0. The molecule has 0 saturated heterocycles. The standard InChI is InChI=1S/C54H34O/c1-3-11-35(12-4-1)39-24-21-37-22-25-42(31-43(37)30-39)49-17-9-19-51-53(49)54-50(18-10-20-52(54)55-51)46-33-44(36-13-5-2-6-14-36)32-45(34-46)40-27-28-48-41(29-40)26-23-38-15-7-8-16-47(38)48/h1-34H. The zero-order chi connectivity index (χ0) is 36.3. The van der Waals surface area contributed by atoms with Gasteiger partial charge in [0.1, 0.15) is 11.2 Å². The van der Waals surface area contributed by atoms with E-state index in [1.54, 1.807) is 0 Å². The molecule has 0 atom stereocenters. The lowest BCUT2D eigenvalue weighted by Gasteiger charge is -2.14. The second kappa shape index (κ2) is 12.7. The molecule has 0 bridgehead atoms. The Morgan fingerprint density at radius 1 is 0.236 bits per heavy atom. The van der Waals surface area contributed by atoms with Gasteiger partial charge >= 0.3 is 0 Å². The largest absolute Gasteiger partial charge is 0.456 e. The topological polar surface area (TPSA) is 13.1 Å². The van der Waals surface area contributed by atoms with E-state index in [-0.39, 0.29) is 0 Å². The van der Waals surface area contributed by atoms with E-state index in [4.69, 9.17) is 4.42 Å². The first-order valence-electron chi connectivity index (χ1n) is 18.9. The molecule has 0 saturated carbocycles. The number of fused-ring (bicyclic) bond motifs is 7. The van der Waals surface area contributed by atoms with Crippen LogP contribution in [0.4, 0.5) is 0 Å². The van der Waals surface area contributed by atoms with Crippen molar-refractivity contribution in [2.75, 3.05) is 0 Å². The molecular weight excluding hydrogens is 665 g/mol. The predicted octanol–water partition coefficient (Wildman–Crippen LogP) is 15.4. The van der Waals surface area contributed by atoms with Crippen molar-refractivity contribution in [3.05, 3.63) is 206 Å². The van der Waals surface area contributed by atoms with E-state index in [0.29, 0.717) is 0 Å². The van der Waals surface area contributed by atoms with Crippen LogP contribution in [0.5, 0.6) is 0 Å². The highest BCUT2D eigenvalue weighted by molar-refractivity contribution is 6.18. The van der Waals surface area contributed by atoms with Crippen LogP contribution in [-0.4, -0.2) is 0 Å². The van der Waals surface area contributed by atoms with Gasteiger partial charge in [-0.2, -0.15) is 0 Å². The van der Waals surface area contributed by atoms with E-state index in [9.17, 15) is 0 Å². The molecular formula is C54H34O. The first-order chi connectivity index (χ1) is 27.2. The quantitative estimate of drug-likeness (QED) is 0.163. The summed E-state index contributed by atoms with van der Waals surface area (Å²) >= 11 is 0. The fourth-order valence-corrected chi connectivity index (χ4v) is 8.51. The van der Waals surface area contributed by atoms with Gasteiger partial charge < -0.3 is 4.42 Å². The van der Waals surface area contributed by atoms with E-state index < -0.39 is 0 Å². The molecule has 10 aromatic carbocycles. The summed E-state index contributed by atoms with van der Waals surface area (Å²) in [5.41, 5.74) is 13.6. The van der Waals surface area contributed by atoms with Crippen molar-refractivity contribution in [1.29, 1.82) is 0 Å². The third kappa shape index (κ3) is 5.40. The lowest BCUT2D eigenvalue weighted by atomic mass is 9.89. The van der Waals surface area contributed by atoms with Crippen molar-refractivity contribution in [3.8, 4) is 55.6 Å². The fraction of sp³-hybridized carbons (Fsp3) is 0. The van der Waals surface area contributed by atoms with E-state index in [1.807, 2.05) is 0 Å². The van der Waals surface area contributed by atoms with Gasteiger partial charge in [-0.25, -0.2) is 0 Å². The highest BCUT2D eigenvalue weighted by Gasteiger charge is 2.18. The van der Waals surface area contributed by atoms with Crippen LogP contribution in [0.3, 0.4) is 0 Å². The highest BCUT2D eigenvalue weighted by atomic mass is 16.3. The Balaban J connectivity index is 1.11. The maximum Gasteiger partial charge on any atom is 0.136 e.